The molecule has 0 aromatic heterocycles. The Morgan fingerprint density at radius 2 is 1.78 bits per heavy atom. The summed E-state index contributed by atoms with van der Waals surface area (Å²) in [4.78, 5) is 0. The molecule has 0 amide bonds. The average Bonchev–Trinajstić information content (AvgIpc) is 2.70. The average molecular weight is 369 g/mol. The molecule has 0 aliphatic heterocycles. The van der Waals surface area contributed by atoms with Gasteiger partial charge in [-0.15, -0.1) is 0 Å². The summed E-state index contributed by atoms with van der Waals surface area (Å²) < 4.78 is 19.5. The third-order valence-electron chi connectivity index (χ3n) is 6.13. The Balaban J connectivity index is 1.73. The minimum absolute atomic E-state index is 0.177. The third-order valence-corrected chi connectivity index (χ3v) is 6.13. The minimum Gasteiger partial charge on any atom is -0.380 e. The first-order chi connectivity index (χ1) is 13.2. The number of methoxy groups -OCH3 is 1. The summed E-state index contributed by atoms with van der Waals surface area (Å²) in [6.07, 6.45) is 10.7. The predicted molar refractivity (Wildman–Crippen MR) is 111 cm³/mol. The molecule has 27 heavy (non-hydrogen) atoms. The van der Waals surface area contributed by atoms with Crippen LogP contribution in [-0.2, 0) is 11.3 Å². The van der Waals surface area contributed by atoms with Gasteiger partial charge in [0.2, 0.25) is 0 Å². The molecule has 0 bridgehead atoms. The molecule has 0 heterocycles. The number of benzene rings is 2. The largest absolute Gasteiger partial charge is 0.380 e. The monoisotopic (exact) mass is 368 g/mol. The zero-order valence-electron chi connectivity index (χ0n) is 16.8. The fraction of sp³-hybridized carbons (Fsp3) is 0.520. The van der Waals surface area contributed by atoms with Gasteiger partial charge in [-0.3, -0.25) is 0 Å². The molecule has 1 fully saturated rings. The van der Waals surface area contributed by atoms with E-state index in [0.717, 1.165) is 11.5 Å². The smallest absolute Gasteiger partial charge is 0.129 e. The molecule has 0 N–H and O–H groups in total. The molecule has 2 heteroatoms. The molecule has 0 radical (unpaired) electrons. The molecule has 2 aromatic rings. The van der Waals surface area contributed by atoms with E-state index in [9.17, 15) is 4.39 Å². The first kappa shape index (κ1) is 20.1. The molecule has 0 unspecified atom stereocenters. The number of hydrogen-bond acceptors (Lipinski definition) is 1. The van der Waals surface area contributed by atoms with Crippen molar-refractivity contribution < 1.29 is 9.13 Å². The predicted octanol–water partition coefficient (Wildman–Crippen LogP) is 7.49. The van der Waals surface area contributed by atoms with Crippen molar-refractivity contribution in [3.8, 4) is 11.1 Å². The number of halogens is 1. The number of unbranched alkanes of at least 4 members (excludes halogenated alkanes) is 2. The highest BCUT2D eigenvalue weighted by molar-refractivity contribution is 5.68. The molecule has 2 aromatic carbocycles. The van der Waals surface area contributed by atoms with Gasteiger partial charge in [-0.1, -0.05) is 69.0 Å². The van der Waals surface area contributed by atoms with Crippen molar-refractivity contribution in [3.05, 3.63) is 59.4 Å². The lowest BCUT2D eigenvalue weighted by atomic mass is 9.75. The van der Waals surface area contributed by atoms with E-state index in [2.05, 4.69) is 31.2 Å². The molecule has 1 nitrogen and oxygen atoms in total. The van der Waals surface area contributed by atoms with Crippen LogP contribution in [0.3, 0.4) is 0 Å². The van der Waals surface area contributed by atoms with E-state index in [1.807, 2.05) is 12.1 Å². The zero-order valence-corrected chi connectivity index (χ0v) is 16.8. The van der Waals surface area contributed by atoms with E-state index in [1.54, 1.807) is 13.2 Å². The van der Waals surface area contributed by atoms with Crippen LogP contribution in [0.4, 0.5) is 4.39 Å². The standard InChI is InChI=1S/C25H33FO/c1-3-4-5-8-19-11-13-20(14-12-19)23-9-6-7-10-24(23)21-15-16-22(18-27-2)25(26)17-21/h6-7,9-10,15-17,19-20H,3-5,8,11-14,18H2,1-2H3. The summed E-state index contributed by atoms with van der Waals surface area (Å²) >= 11 is 0. The number of rotatable bonds is 8. The maximum atomic E-state index is 14.4. The van der Waals surface area contributed by atoms with Gasteiger partial charge in [0.15, 0.2) is 0 Å². The zero-order chi connectivity index (χ0) is 19.1. The SMILES string of the molecule is CCCCCC1CCC(c2ccccc2-c2ccc(COC)c(F)c2)CC1. The molecule has 1 aliphatic rings. The summed E-state index contributed by atoms with van der Waals surface area (Å²) in [5.74, 6) is 1.33. The molecular weight excluding hydrogens is 335 g/mol. The highest BCUT2D eigenvalue weighted by Gasteiger charge is 2.24. The van der Waals surface area contributed by atoms with E-state index in [4.69, 9.17) is 4.74 Å². The lowest BCUT2D eigenvalue weighted by Gasteiger charge is -2.30. The van der Waals surface area contributed by atoms with Crippen molar-refractivity contribution >= 4 is 0 Å². The van der Waals surface area contributed by atoms with Crippen LogP contribution in [0.25, 0.3) is 11.1 Å². The molecule has 0 spiro atoms. The maximum absolute atomic E-state index is 14.4. The van der Waals surface area contributed by atoms with Gasteiger partial charge in [-0.25, -0.2) is 4.39 Å². The van der Waals surface area contributed by atoms with E-state index < -0.39 is 0 Å². The summed E-state index contributed by atoms with van der Waals surface area (Å²) in [5.41, 5.74) is 4.18. The van der Waals surface area contributed by atoms with Crippen molar-refractivity contribution in [1.29, 1.82) is 0 Å². The quantitative estimate of drug-likeness (QED) is 0.438. The van der Waals surface area contributed by atoms with Gasteiger partial charge in [-0.2, -0.15) is 0 Å². The Bertz CT molecular complexity index is 716. The van der Waals surface area contributed by atoms with Gasteiger partial charge < -0.3 is 4.74 Å². The lowest BCUT2D eigenvalue weighted by Crippen LogP contribution is -2.14. The van der Waals surface area contributed by atoms with Gasteiger partial charge in [0.1, 0.15) is 5.82 Å². The van der Waals surface area contributed by atoms with Crippen LogP contribution >= 0.6 is 0 Å². The van der Waals surface area contributed by atoms with Crippen LogP contribution in [0.5, 0.6) is 0 Å². The highest BCUT2D eigenvalue weighted by Crippen LogP contribution is 2.41. The van der Waals surface area contributed by atoms with E-state index in [1.165, 1.54) is 62.5 Å². The molecule has 1 saturated carbocycles. The van der Waals surface area contributed by atoms with Crippen LogP contribution in [0, 0.1) is 11.7 Å². The van der Waals surface area contributed by atoms with Crippen molar-refractivity contribution in [2.24, 2.45) is 5.92 Å². The van der Waals surface area contributed by atoms with Crippen molar-refractivity contribution in [1.82, 2.24) is 0 Å². The minimum atomic E-state index is -0.177. The molecule has 3 rings (SSSR count). The van der Waals surface area contributed by atoms with Gasteiger partial charge in [0.25, 0.3) is 0 Å². The van der Waals surface area contributed by atoms with Crippen LogP contribution < -0.4 is 0 Å². The summed E-state index contributed by atoms with van der Waals surface area (Å²) in [5, 5.41) is 0. The first-order valence-corrected chi connectivity index (χ1v) is 10.6. The Morgan fingerprint density at radius 1 is 1.00 bits per heavy atom. The second kappa shape index (κ2) is 10.0. The van der Waals surface area contributed by atoms with Crippen LogP contribution in [-0.4, -0.2) is 7.11 Å². The lowest BCUT2D eigenvalue weighted by molar-refractivity contribution is 0.181. The molecule has 0 saturated heterocycles. The van der Waals surface area contributed by atoms with Gasteiger partial charge in [0.05, 0.1) is 6.61 Å². The van der Waals surface area contributed by atoms with Crippen LogP contribution in [0.1, 0.15) is 75.3 Å². The molecule has 0 atom stereocenters. The molecule has 1 aliphatic carbocycles. The van der Waals surface area contributed by atoms with Crippen LogP contribution in [0.2, 0.25) is 0 Å². The Hall–Kier alpha value is -1.67. The Kier molecular flexibility index (Phi) is 7.46. The number of hydrogen-bond donors (Lipinski definition) is 0. The summed E-state index contributed by atoms with van der Waals surface area (Å²) in [7, 11) is 1.60. The topological polar surface area (TPSA) is 9.23 Å². The Morgan fingerprint density at radius 3 is 2.48 bits per heavy atom. The van der Waals surface area contributed by atoms with Crippen molar-refractivity contribution in [3.63, 3.8) is 0 Å². The second-order valence-electron chi connectivity index (χ2n) is 8.04. The normalized spacial score (nSPS) is 20.0. The highest BCUT2D eigenvalue weighted by atomic mass is 19.1. The third kappa shape index (κ3) is 5.19. The van der Waals surface area contributed by atoms with E-state index >= 15 is 0 Å². The number of ether oxygens (including phenoxy) is 1. The fourth-order valence-electron chi connectivity index (χ4n) is 4.55. The fourth-order valence-corrected chi connectivity index (χ4v) is 4.55. The van der Waals surface area contributed by atoms with Crippen molar-refractivity contribution in [2.75, 3.05) is 7.11 Å². The van der Waals surface area contributed by atoms with Gasteiger partial charge in [-0.05, 0) is 60.3 Å². The Labute approximate surface area is 164 Å². The van der Waals surface area contributed by atoms with Gasteiger partial charge >= 0.3 is 0 Å². The van der Waals surface area contributed by atoms with E-state index in [-0.39, 0.29) is 5.82 Å². The maximum Gasteiger partial charge on any atom is 0.129 e. The molecular formula is C25H33FO. The molecule has 146 valence electrons. The van der Waals surface area contributed by atoms with Gasteiger partial charge in [0, 0.05) is 12.7 Å². The first-order valence-electron chi connectivity index (χ1n) is 10.6. The van der Waals surface area contributed by atoms with E-state index in [0.29, 0.717) is 18.1 Å². The van der Waals surface area contributed by atoms with Crippen molar-refractivity contribution in [2.45, 2.75) is 70.8 Å². The second-order valence-corrected chi connectivity index (χ2v) is 8.04. The van der Waals surface area contributed by atoms with Crippen LogP contribution in [0.15, 0.2) is 42.5 Å². The summed E-state index contributed by atoms with van der Waals surface area (Å²) in [6, 6.07) is 14.1. The summed E-state index contributed by atoms with van der Waals surface area (Å²) in [6.45, 7) is 2.59.